The third-order valence-electron chi connectivity index (χ3n) is 5.34. The summed E-state index contributed by atoms with van der Waals surface area (Å²) in [6.45, 7) is 7.47. The minimum absolute atomic E-state index is 0.330. The zero-order chi connectivity index (χ0) is 21.1. The van der Waals surface area contributed by atoms with Gasteiger partial charge in [0.25, 0.3) is 0 Å². The van der Waals surface area contributed by atoms with Crippen molar-refractivity contribution < 1.29 is 9.53 Å². The zero-order valence-corrected chi connectivity index (χ0v) is 17.7. The fourth-order valence-corrected chi connectivity index (χ4v) is 4.06. The predicted octanol–water partition coefficient (Wildman–Crippen LogP) is 5.04. The summed E-state index contributed by atoms with van der Waals surface area (Å²) >= 11 is 6.11. The number of carbonyl (C=O) groups excluding carboxylic acids is 1. The Morgan fingerprint density at radius 2 is 2.00 bits per heavy atom. The summed E-state index contributed by atoms with van der Waals surface area (Å²) in [5, 5.41) is 5.37. The highest BCUT2D eigenvalue weighted by molar-refractivity contribution is 6.31. The molecule has 154 valence electrons. The van der Waals surface area contributed by atoms with Crippen molar-refractivity contribution in [3.8, 4) is 5.75 Å². The largest absolute Gasteiger partial charge is 0.427 e. The summed E-state index contributed by atoms with van der Waals surface area (Å²) < 4.78 is 5.17. The molecule has 0 saturated carbocycles. The van der Waals surface area contributed by atoms with Crippen LogP contribution in [0.2, 0.25) is 5.02 Å². The standard InChI is InChI=1S/C24H24ClN3O2/c1-16(18-4-3-5-21(14-18)30-17(2)29)27-20-9-12-28(13-10-20)24-8-11-26-23-15-19(25)6-7-22(23)24/h3-8,11,14-15,20,27H,1,9-10,12-13H2,2H3. The van der Waals surface area contributed by atoms with Crippen LogP contribution in [0.1, 0.15) is 25.3 Å². The maximum absolute atomic E-state index is 11.2. The molecule has 1 aliphatic heterocycles. The Morgan fingerprint density at radius 3 is 2.77 bits per heavy atom. The smallest absolute Gasteiger partial charge is 0.308 e. The lowest BCUT2D eigenvalue weighted by atomic mass is 10.0. The van der Waals surface area contributed by atoms with Crippen LogP contribution in [0.3, 0.4) is 0 Å². The van der Waals surface area contributed by atoms with Gasteiger partial charge in [0.15, 0.2) is 0 Å². The first kappa shape index (κ1) is 20.2. The van der Waals surface area contributed by atoms with Crippen molar-refractivity contribution in [3.63, 3.8) is 0 Å². The number of hydrogen-bond acceptors (Lipinski definition) is 5. The highest BCUT2D eigenvalue weighted by Gasteiger charge is 2.21. The summed E-state index contributed by atoms with van der Waals surface area (Å²) in [6.07, 6.45) is 3.84. The highest BCUT2D eigenvalue weighted by Crippen LogP contribution is 2.30. The Kier molecular flexibility index (Phi) is 5.91. The van der Waals surface area contributed by atoms with Gasteiger partial charge in [-0.05, 0) is 49.2 Å². The highest BCUT2D eigenvalue weighted by atomic mass is 35.5. The fourth-order valence-electron chi connectivity index (χ4n) is 3.89. The third kappa shape index (κ3) is 4.57. The van der Waals surface area contributed by atoms with Crippen molar-refractivity contribution in [2.24, 2.45) is 0 Å². The molecule has 2 heterocycles. The molecule has 0 amide bonds. The number of benzene rings is 2. The molecule has 4 rings (SSSR count). The summed E-state index contributed by atoms with van der Waals surface area (Å²) in [4.78, 5) is 18.0. The first-order valence-electron chi connectivity index (χ1n) is 10.0. The van der Waals surface area contributed by atoms with Gasteiger partial charge in [0.2, 0.25) is 0 Å². The first-order chi connectivity index (χ1) is 14.5. The van der Waals surface area contributed by atoms with Crippen LogP contribution in [0.5, 0.6) is 5.75 Å². The van der Waals surface area contributed by atoms with Crippen LogP contribution in [0, 0.1) is 0 Å². The number of nitrogens with zero attached hydrogens (tertiary/aromatic N) is 2. The number of halogens is 1. The number of carbonyl (C=O) groups is 1. The van der Waals surface area contributed by atoms with Gasteiger partial charge in [-0.25, -0.2) is 0 Å². The van der Waals surface area contributed by atoms with E-state index in [1.807, 2.05) is 42.6 Å². The molecule has 0 unspecified atom stereocenters. The quantitative estimate of drug-likeness (QED) is 0.462. The topological polar surface area (TPSA) is 54.5 Å². The molecule has 5 nitrogen and oxygen atoms in total. The molecule has 0 radical (unpaired) electrons. The van der Waals surface area contributed by atoms with Crippen molar-refractivity contribution in [1.29, 1.82) is 0 Å². The molecule has 1 N–H and O–H groups in total. The van der Waals surface area contributed by atoms with Crippen molar-refractivity contribution in [1.82, 2.24) is 10.3 Å². The minimum Gasteiger partial charge on any atom is -0.427 e. The molecular formula is C24H24ClN3O2. The SMILES string of the molecule is C=C(NC1CCN(c2ccnc3cc(Cl)ccc23)CC1)c1cccc(OC(C)=O)c1. The van der Waals surface area contributed by atoms with E-state index in [1.165, 1.54) is 12.6 Å². The third-order valence-corrected chi connectivity index (χ3v) is 5.57. The van der Waals surface area contributed by atoms with E-state index in [-0.39, 0.29) is 5.97 Å². The van der Waals surface area contributed by atoms with Crippen LogP contribution in [-0.2, 0) is 4.79 Å². The van der Waals surface area contributed by atoms with Crippen molar-refractivity contribution in [2.75, 3.05) is 18.0 Å². The molecule has 1 saturated heterocycles. The van der Waals surface area contributed by atoms with Crippen LogP contribution >= 0.6 is 11.6 Å². The Hall–Kier alpha value is -3.05. The van der Waals surface area contributed by atoms with Gasteiger partial charge < -0.3 is 15.0 Å². The summed E-state index contributed by atoms with van der Waals surface area (Å²) in [6, 6.07) is 15.7. The van der Waals surface area contributed by atoms with Gasteiger partial charge in [0, 0.05) is 59.6 Å². The molecular weight excluding hydrogens is 398 g/mol. The van der Waals surface area contributed by atoms with E-state index in [4.69, 9.17) is 16.3 Å². The number of pyridine rings is 1. The normalized spacial score (nSPS) is 14.5. The lowest BCUT2D eigenvalue weighted by Crippen LogP contribution is -2.41. The average Bonchev–Trinajstić information content (AvgIpc) is 2.73. The molecule has 2 aromatic carbocycles. The number of hydrogen-bond donors (Lipinski definition) is 1. The molecule has 3 aromatic rings. The van der Waals surface area contributed by atoms with Crippen LogP contribution in [0.4, 0.5) is 5.69 Å². The average molecular weight is 422 g/mol. The summed E-state index contributed by atoms with van der Waals surface area (Å²) in [5.41, 5.74) is 3.88. The molecule has 0 bridgehead atoms. The Labute approximate surface area is 181 Å². The maximum atomic E-state index is 11.2. The number of nitrogens with one attached hydrogen (secondary N) is 1. The van der Waals surface area contributed by atoms with Crippen molar-refractivity contribution in [3.05, 3.63) is 71.9 Å². The molecule has 30 heavy (non-hydrogen) atoms. The van der Waals surface area contributed by atoms with E-state index in [9.17, 15) is 4.79 Å². The van der Waals surface area contributed by atoms with E-state index in [1.54, 1.807) is 6.07 Å². The van der Waals surface area contributed by atoms with E-state index >= 15 is 0 Å². The second-order valence-electron chi connectivity index (χ2n) is 7.50. The van der Waals surface area contributed by atoms with E-state index in [0.717, 1.165) is 48.1 Å². The van der Waals surface area contributed by atoms with Crippen LogP contribution < -0.4 is 15.0 Å². The van der Waals surface area contributed by atoms with Gasteiger partial charge in [0.05, 0.1) is 5.52 Å². The Balaban J connectivity index is 1.40. The second-order valence-corrected chi connectivity index (χ2v) is 7.93. The minimum atomic E-state index is -0.330. The lowest BCUT2D eigenvalue weighted by Gasteiger charge is -2.35. The number of fused-ring (bicyclic) bond motifs is 1. The number of rotatable bonds is 5. The zero-order valence-electron chi connectivity index (χ0n) is 16.9. The first-order valence-corrected chi connectivity index (χ1v) is 10.4. The number of esters is 1. The summed E-state index contributed by atoms with van der Waals surface area (Å²) in [5.74, 6) is 0.200. The molecule has 1 aromatic heterocycles. The van der Waals surface area contributed by atoms with Gasteiger partial charge in [-0.3, -0.25) is 9.78 Å². The number of anilines is 1. The lowest BCUT2D eigenvalue weighted by molar-refractivity contribution is -0.131. The summed E-state index contributed by atoms with van der Waals surface area (Å²) in [7, 11) is 0. The van der Waals surface area contributed by atoms with E-state index < -0.39 is 0 Å². The van der Waals surface area contributed by atoms with Crippen LogP contribution in [0.25, 0.3) is 16.6 Å². The molecule has 1 fully saturated rings. The van der Waals surface area contributed by atoms with Gasteiger partial charge in [-0.15, -0.1) is 0 Å². The van der Waals surface area contributed by atoms with E-state index in [0.29, 0.717) is 16.8 Å². The van der Waals surface area contributed by atoms with Crippen molar-refractivity contribution in [2.45, 2.75) is 25.8 Å². The molecule has 0 spiro atoms. The van der Waals surface area contributed by atoms with Crippen LogP contribution in [-0.4, -0.2) is 30.1 Å². The number of aromatic nitrogens is 1. The fraction of sp³-hybridized carbons (Fsp3) is 0.250. The Morgan fingerprint density at radius 1 is 1.20 bits per heavy atom. The Bertz CT molecular complexity index is 1090. The number of piperidine rings is 1. The van der Waals surface area contributed by atoms with Crippen molar-refractivity contribution >= 4 is 39.9 Å². The molecule has 0 atom stereocenters. The maximum Gasteiger partial charge on any atom is 0.308 e. The number of ether oxygens (including phenoxy) is 1. The van der Waals surface area contributed by atoms with Gasteiger partial charge >= 0.3 is 5.97 Å². The van der Waals surface area contributed by atoms with Gasteiger partial charge in [-0.1, -0.05) is 30.3 Å². The van der Waals surface area contributed by atoms with E-state index in [2.05, 4.69) is 27.8 Å². The molecule has 0 aliphatic carbocycles. The predicted molar refractivity (Wildman–Crippen MR) is 122 cm³/mol. The monoisotopic (exact) mass is 421 g/mol. The second kappa shape index (κ2) is 8.76. The van der Waals surface area contributed by atoms with Gasteiger partial charge in [-0.2, -0.15) is 0 Å². The molecule has 1 aliphatic rings. The van der Waals surface area contributed by atoms with Gasteiger partial charge in [0.1, 0.15) is 5.75 Å². The van der Waals surface area contributed by atoms with Crippen LogP contribution in [0.15, 0.2) is 61.3 Å². The molecule has 6 heteroatoms.